The fourth-order valence-electron chi connectivity index (χ4n) is 4.24. The van der Waals surface area contributed by atoms with Crippen LogP contribution in [0, 0.1) is 6.92 Å². The normalized spacial score (nSPS) is 11.3. The SMILES string of the molecule is CCOC(=O)c1sc(NC(=O)CCSc2nnc3c(n2)-c2cccc4cccc-3c24)c(C(=O)OC)c1C. The molecule has 2 heterocycles. The number of aromatic nitrogens is 3. The Morgan fingerprint density at radius 2 is 1.76 bits per heavy atom. The van der Waals surface area contributed by atoms with Gasteiger partial charge in [-0.25, -0.2) is 14.6 Å². The van der Waals surface area contributed by atoms with E-state index >= 15 is 0 Å². The molecule has 1 aliphatic carbocycles. The molecule has 5 rings (SSSR count). The zero-order valence-corrected chi connectivity index (χ0v) is 21.9. The molecule has 0 unspecified atom stereocenters. The molecule has 1 amide bonds. The Labute approximate surface area is 220 Å². The third-order valence-corrected chi connectivity index (χ3v) is 7.92. The minimum atomic E-state index is -0.636. The highest BCUT2D eigenvalue weighted by Gasteiger charge is 2.27. The summed E-state index contributed by atoms with van der Waals surface area (Å²) in [7, 11) is 1.25. The van der Waals surface area contributed by atoms with Crippen LogP contribution in [-0.2, 0) is 14.3 Å². The number of thioether (sulfide) groups is 1. The highest BCUT2D eigenvalue weighted by atomic mass is 32.2. The Kier molecular flexibility index (Phi) is 6.90. The van der Waals surface area contributed by atoms with E-state index in [1.54, 1.807) is 13.8 Å². The Hall–Kier alpha value is -3.83. The quantitative estimate of drug-likeness (QED) is 0.213. The molecule has 188 valence electrons. The first-order chi connectivity index (χ1) is 17.9. The van der Waals surface area contributed by atoms with Gasteiger partial charge in [0.25, 0.3) is 0 Å². The summed E-state index contributed by atoms with van der Waals surface area (Å²) in [4.78, 5) is 42.3. The number of rotatable bonds is 8. The van der Waals surface area contributed by atoms with Crippen LogP contribution >= 0.6 is 23.1 Å². The first-order valence-electron chi connectivity index (χ1n) is 11.5. The summed E-state index contributed by atoms with van der Waals surface area (Å²) < 4.78 is 9.91. The van der Waals surface area contributed by atoms with Gasteiger partial charge in [0.05, 0.1) is 19.3 Å². The molecule has 0 aliphatic heterocycles. The average molecular weight is 535 g/mol. The van der Waals surface area contributed by atoms with Crippen molar-refractivity contribution in [1.82, 2.24) is 15.2 Å². The summed E-state index contributed by atoms with van der Waals surface area (Å²) in [5.74, 6) is -1.11. The van der Waals surface area contributed by atoms with Crippen LogP contribution in [0.5, 0.6) is 0 Å². The number of carbonyl (C=O) groups excluding carboxylic acids is 3. The van der Waals surface area contributed by atoms with Crippen molar-refractivity contribution in [1.29, 1.82) is 0 Å². The van der Waals surface area contributed by atoms with E-state index in [1.807, 2.05) is 24.3 Å². The number of benzene rings is 2. The van der Waals surface area contributed by atoms with Gasteiger partial charge >= 0.3 is 11.9 Å². The average Bonchev–Trinajstić information content (AvgIpc) is 3.39. The van der Waals surface area contributed by atoms with E-state index in [0.29, 0.717) is 16.5 Å². The van der Waals surface area contributed by atoms with Crippen LogP contribution < -0.4 is 5.32 Å². The molecule has 0 atom stereocenters. The van der Waals surface area contributed by atoms with Gasteiger partial charge in [0.1, 0.15) is 21.3 Å². The molecule has 37 heavy (non-hydrogen) atoms. The van der Waals surface area contributed by atoms with Crippen LogP contribution in [0.4, 0.5) is 5.00 Å². The maximum atomic E-state index is 12.7. The summed E-state index contributed by atoms with van der Waals surface area (Å²) in [5, 5.41) is 14.4. The molecule has 1 aliphatic rings. The van der Waals surface area contributed by atoms with Gasteiger partial charge in [-0.3, -0.25) is 4.79 Å². The molecule has 0 bridgehead atoms. The number of hydrogen-bond donors (Lipinski definition) is 1. The lowest BCUT2D eigenvalue weighted by Crippen LogP contribution is -2.14. The van der Waals surface area contributed by atoms with Crippen LogP contribution in [0.3, 0.4) is 0 Å². The highest BCUT2D eigenvalue weighted by molar-refractivity contribution is 7.99. The van der Waals surface area contributed by atoms with Crippen LogP contribution in [0.15, 0.2) is 41.6 Å². The van der Waals surface area contributed by atoms with Gasteiger partial charge in [0.2, 0.25) is 11.1 Å². The smallest absolute Gasteiger partial charge is 0.348 e. The standard InChI is InChI=1S/C26H22N4O5S2/c1-4-35-25(33)22-13(2)18(24(32)34-3)23(37-22)27-17(31)11-12-36-26-28-20-15-9-5-7-14-8-6-10-16(19(14)15)21(20)29-30-26/h5-10H,4,11-12H2,1-3H3,(H,27,31). The first kappa shape index (κ1) is 24.8. The molecule has 4 aromatic rings. The Bertz CT molecular complexity index is 1560. The Balaban J connectivity index is 1.27. The molecule has 0 saturated carbocycles. The minimum absolute atomic E-state index is 0.132. The Morgan fingerprint density at radius 3 is 2.46 bits per heavy atom. The molecule has 0 fully saturated rings. The summed E-state index contributed by atoms with van der Waals surface area (Å²) in [6, 6.07) is 12.2. The van der Waals surface area contributed by atoms with Crippen LogP contribution in [0.1, 0.15) is 38.9 Å². The van der Waals surface area contributed by atoms with E-state index in [0.717, 1.165) is 44.6 Å². The van der Waals surface area contributed by atoms with Crippen molar-refractivity contribution in [3.8, 4) is 22.5 Å². The third kappa shape index (κ3) is 4.56. The number of nitrogens with one attached hydrogen (secondary N) is 1. The fraction of sp³-hybridized carbons (Fsp3) is 0.231. The molecule has 2 aromatic carbocycles. The number of methoxy groups -OCH3 is 1. The van der Waals surface area contributed by atoms with Gasteiger partial charge < -0.3 is 14.8 Å². The van der Waals surface area contributed by atoms with Crippen molar-refractivity contribution in [2.45, 2.75) is 25.4 Å². The van der Waals surface area contributed by atoms with Gasteiger partial charge in [-0.05, 0) is 24.8 Å². The summed E-state index contributed by atoms with van der Waals surface area (Å²) >= 11 is 2.31. The molecule has 2 aromatic heterocycles. The van der Waals surface area contributed by atoms with Gasteiger partial charge in [0, 0.05) is 28.7 Å². The highest BCUT2D eigenvalue weighted by Crippen LogP contribution is 2.45. The van der Waals surface area contributed by atoms with Crippen molar-refractivity contribution >= 4 is 56.7 Å². The van der Waals surface area contributed by atoms with Crippen molar-refractivity contribution in [3.63, 3.8) is 0 Å². The lowest BCUT2D eigenvalue weighted by atomic mass is 10.0. The molecular formula is C26H22N4O5S2. The van der Waals surface area contributed by atoms with Crippen LogP contribution in [-0.4, -0.2) is 52.5 Å². The van der Waals surface area contributed by atoms with E-state index in [2.05, 4.69) is 27.6 Å². The number of hydrogen-bond acceptors (Lipinski definition) is 10. The summed E-state index contributed by atoms with van der Waals surface area (Å²) in [5.41, 5.74) is 4.16. The second-order valence-corrected chi connectivity index (χ2v) is 10.2. The molecule has 0 saturated heterocycles. The maximum absolute atomic E-state index is 12.7. The third-order valence-electron chi connectivity index (χ3n) is 5.89. The lowest BCUT2D eigenvalue weighted by Gasteiger charge is -2.06. The number of thiophene rings is 1. The first-order valence-corrected chi connectivity index (χ1v) is 13.3. The van der Waals surface area contributed by atoms with Crippen molar-refractivity contribution in [2.75, 3.05) is 24.8 Å². The minimum Gasteiger partial charge on any atom is -0.465 e. The van der Waals surface area contributed by atoms with Crippen LogP contribution in [0.25, 0.3) is 33.3 Å². The van der Waals surface area contributed by atoms with E-state index in [9.17, 15) is 14.4 Å². The Morgan fingerprint density at radius 1 is 1.03 bits per heavy atom. The largest absolute Gasteiger partial charge is 0.465 e. The predicted octanol–water partition coefficient (Wildman–Crippen LogP) is 5.13. The molecular weight excluding hydrogens is 512 g/mol. The maximum Gasteiger partial charge on any atom is 0.348 e. The molecule has 11 heteroatoms. The number of anilines is 1. The monoisotopic (exact) mass is 534 g/mol. The van der Waals surface area contributed by atoms with Gasteiger partial charge in [-0.2, -0.15) is 0 Å². The number of carbonyl (C=O) groups is 3. The number of ether oxygens (including phenoxy) is 2. The van der Waals surface area contributed by atoms with Gasteiger partial charge in [0.15, 0.2) is 0 Å². The second kappa shape index (κ2) is 10.3. The summed E-state index contributed by atoms with van der Waals surface area (Å²) in [6.07, 6.45) is 0.132. The molecule has 1 N–H and O–H groups in total. The van der Waals surface area contributed by atoms with Crippen molar-refractivity contribution < 1.29 is 23.9 Å². The van der Waals surface area contributed by atoms with Gasteiger partial charge in [-0.15, -0.1) is 21.5 Å². The van der Waals surface area contributed by atoms with E-state index < -0.39 is 11.9 Å². The topological polar surface area (TPSA) is 120 Å². The molecule has 9 nitrogen and oxygen atoms in total. The van der Waals surface area contributed by atoms with E-state index in [-0.39, 0.29) is 34.4 Å². The van der Waals surface area contributed by atoms with Crippen LogP contribution in [0.2, 0.25) is 0 Å². The number of nitrogens with zero attached hydrogens (tertiary/aromatic N) is 3. The lowest BCUT2D eigenvalue weighted by molar-refractivity contribution is -0.115. The van der Waals surface area contributed by atoms with Gasteiger partial charge in [-0.1, -0.05) is 48.2 Å². The molecule has 0 radical (unpaired) electrons. The number of esters is 2. The predicted molar refractivity (Wildman–Crippen MR) is 142 cm³/mol. The van der Waals surface area contributed by atoms with Crippen molar-refractivity contribution in [3.05, 3.63) is 52.4 Å². The fourth-order valence-corrected chi connectivity index (χ4v) is 6.07. The number of fused-ring (bicyclic) bond motifs is 3. The zero-order chi connectivity index (χ0) is 26.1. The van der Waals surface area contributed by atoms with Crippen molar-refractivity contribution in [2.24, 2.45) is 0 Å². The van der Waals surface area contributed by atoms with E-state index in [4.69, 9.17) is 14.5 Å². The molecule has 0 spiro atoms. The summed E-state index contributed by atoms with van der Waals surface area (Å²) in [6.45, 7) is 3.52. The number of amides is 1. The van der Waals surface area contributed by atoms with E-state index in [1.165, 1.54) is 18.9 Å². The zero-order valence-electron chi connectivity index (χ0n) is 20.3. The second-order valence-electron chi connectivity index (χ2n) is 8.12.